The lowest BCUT2D eigenvalue weighted by atomic mass is 10.1. The van der Waals surface area contributed by atoms with E-state index < -0.39 is 5.82 Å². The lowest BCUT2D eigenvalue weighted by molar-refractivity contribution is 0.243. The van der Waals surface area contributed by atoms with E-state index in [4.69, 9.17) is 4.74 Å². The first kappa shape index (κ1) is 17.1. The summed E-state index contributed by atoms with van der Waals surface area (Å²) in [5.41, 5.74) is 1.32. The molecule has 1 heterocycles. The van der Waals surface area contributed by atoms with E-state index >= 15 is 0 Å². The van der Waals surface area contributed by atoms with Crippen molar-refractivity contribution < 1.29 is 9.13 Å². The molecule has 0 radical (unpaired) electrons. The zero-order chi connectivity index (χ0) is 18.0. The van der Waals surface area contributed by atoms with Crippen molar-refractivity contribution >= 4 is 10.9 Å². The highest BCUT2D eigenvalue weighted by molar-refractivity contribution is 5.77. The van der Waals surface area contributed by atoms with Crippen LogP contribution in [-0.4, -0.2) is 29.0 Å². The Hall–Kier alpha value is -2.73. The predicted octanol–water partition coefficient (Wildman–Crippen LogP) is 3.26. The number of aromatic nitrogens is 2. The monoisotopic (exact) mass is 341 g/mol. The normalized spacial score (nSPS) is 12.5. The number of hydrogen-bond donors (Lipinski definition) is 1. The molecule has 5 nitrogen and oxygen atoms in total. The third-order valence-electron chi connectivity index (χ3n) is 4.34. The van der Waals surface area contributed by atoms with Gasteiger partial charge in [0.15, 0.2) is 11.6 Å². The molecule has 25 heavy (non-hydrogen) atoms. The lowest BCUT2D eigenvalue weighted by Crippen LogP contribution is -2.26. The predicted molar refractivity (Wildman–Crippen MR) is 95.2 cm³/mol. The van der Waals surface area contributed by atoms with E-state index in [1.807, 2.05) is 43.1 Å². The molecule has 0 amide bonds. The molecule has 0 aliphatic rings. The van der Waals surface area contributed by atoms with E-state index in [-0.39, 0.29) is 17.4 Å². The molecule has 0 unspecified atom stereocenters. The zero-order valence-corrected chi connectivity index (χ0v) is 14.4. The first-order chi connectivity index (χ1) is 12.0. The first-order valence-electron chi connectivity index (χ1n) is 8.01. The van der Waals surface area contributed by atoms with Gasteiger partial charge in [-0.1, -0.05) is 18.2 Å². The molecule has 1 N–H and O–H groups in total. The number of para-hydroxylation sites is 1. The largest absolute Gasteiger partial charge is 0.494 e. The van der Waals surface area contributed by atoms with Gasteiger partial charge in [0.05, 0.1) is 24.1 Å². The molecule has 1 aromatic heterocycles. The highest BCUT2D eigenvalue weighted by Crippen LogP contribution is 2.22. The lowest BCUT2D eigenvalue weighted by Gasteiger charge is -2.24. The second-order valence-corrected chi connectivity index (χ2v) is 6.03. The summed E-state index contributed by atoms with van der Waals surface area (Å²) in [5.74, 6) is 0.415. The number of benzene rings is 2. The van der Waals surface area contributed by atoms with Crippen LogP contribution in [0, 0.1) is 5.82 Å². The van der Waals surface area contributed by atoms with E-state index in [1.54, 1.807) is 12.1 Å². The van der Waals surface area contributed by atoms with Crippen LogP contribution in [0.2, 0.25) is 0 Å². The van der Waals surface area contributed by atoms with E-state index in [2.05, 4.69) is 9.97 Å². The summed E-state index contributed by atoms with van der Waals surface area (Å²) in [6.07, 6.45) is 0. The van der Waals surface area contributed by atoms with Crippen LogP contribution in [0.3, 0.4) is 0 Å². The molecule has 1 atom stereocenters. The quantitative estimate of drug-likeness (QED) is 0.774. The van der Waals surface area contributed by atoms with Gasteiger partial charge in [0.25, 0.3) is 5.56 Å². The summed E-state index contributed by atoms with van der Waals surface area (Å²) in [4.78, 5) is 21.6. The molecule has 6 heteroatoms. The van der Waals surface area contributed by atoms with Crippen molar-refractivity contribution in [3.8, 4) is 5.75 Å². The fraction of sp³-hybridized carbons (Fsp3) is 0.263. The van der Waals surface area contributed by atoms with E-state index in [0.717, 1.165) is 5.56 Å². The van der Waals surface area contributed by atoms with Crippen LogP contribution in [0.15, 0.2) is 47.3 Å². The third kappa shape index (κ3) is 3.53. The molecular weight excluding hydrogens is 321 g/mol. The Morgan fingerprint density at radius 1 is 1.28 bits per heavy atom. The van der Waals surface area contributed by atoms with E-state index in [9.17, 15) is 9.18 Å². The highest BCUT2D eigenvalue weighted by Gasteiger charge is 2.16. The Labute approximate surface area is 145 Å². The molecule has 3 rings (SSSR count). The van der Waals surface area contributed by atoms with Crippen LogP contribution in [0.1, 0.15) is 24.4 Å². The number of nitrogens with zero attached hydrogens (tertiary/aromatic N) is 2. The van der Waals surface area contributed by atoms with Gasteiger partial charge in [-0.3, -0.25) is 9.69 Å². The summed E-state index contributed by atoms with van der Waals surface area (Å²) in [6, 6.07) is 12.0. The molecule has 0 aliphatic heterocycles. The number of ether oxygens (including phenoxy) is 1. The molecule has 0 saturated carbocycles. The van der Waals surface area contributed by atoms with Crippen LogP contribution in [0.4, 0.5) is 4.39 Å². The fourth-order valence-corrected chi connectivity index (χ4v) is 2.74. The van der Waals surface area contributed by atoms with Crippen LogP contribution < -0.4 is 10.3 Å². The number of rotatable bonds is 5. The number of H-pyrrole nitrogens is 1. The van der Waals surface area contributed by atoms with E-state index in [1.165, 1.54) is 13.2 Å². The topological polar surface area (TPSA) is 58.2 Å². The van der Waals surface area contributed by atoms with Crippen molar-refractivity contribution in [1.29, 1.82) is 0 Å². The standard InChI is InChI=1S/C19H20FN3O2/c1-12(18-21-16-7-5-4-6-14(16)19(24)22-18)23(2)11-13-8-9-17(25-3)15(20)10-13/h4-10,12H,11H2,1-3H3,(H,21,22,24)/t12-/m0/s1. The maximum absolute atomic E-state index is 13.8. The Balaban J connectivity index is 1.84. The van der Waals surface area contributed by atoms with Crippen molar-refractivity contribution in [2.24, 2.45) is 0 Å². The Bertz CT molecular complexity index is 955. The molecule has 0 saturated heterocycles. The van der Waals surface area contributed by atoms with Crippen molar-refractivity contribution in [3.63, 3.8) is 0 Å². The Kier molecular flexibility index (Phi) is 4.81. The summed E-state index contributed by atoms with van der Waals surface area (Å²) in [6.45, 7) is 2.46. The number of halogens is 1. The third-order valence-corrected chi connectivity index (χ3v) is 4.34. The molecule has 0 bridgehead atoms. The van der Waals surface area contributed by atoms with Gasteiger partial charge in [0.1, 0.15) is 5.82 Å². The molecular formula is C19H20FN3O2. The van der Waals surface area contributed by atoms with Gasteiger partial charge in [0, 0.05) is 6.54 Å². The Morgan fingerprint density at radius 2 is 2.04 bits per heavy atom. The minimum absolute atomic E-state index is 0.137. The van der Waals surface area contributed by atoms with Gasteiger partial charge in [-0.25, -0.2) is 9.37 Å². The average Bonchev–Trinajstić information content (AvgIpc) is 2.61. The number of fused-ring (bicyclic) bond motifs is 1. The van der Waals surface area contributed by atoms with Crippen LogP contribution in [-0.2, 0) is 6.54 Å². The van der Waals surface area contributed by atoms with Crippen molar-refractivity contribution in [2.45, 2.75) is 19.5 Å². The summed E-state index contributed by atoms with van der Waals surface area (Å²) >= 11 is 0. The van der Waals surface area contributed by atoms with Gasteiger partial charge in [-0.05, 0) is 43.8 Å². The summed E-state index contributed by atoms with van der Waals surface area (Å²) in [7, 11) is 3.34. The smallest absolute Gasteiger partial charge is 0.258 e. The van der Waals surface area contributed by atoms with Gasteiger partial charge >= 0.3 is 0 Å². The Morgan fingerprint density at radius 3 is 2.76 bits per heavy atom. The van der Waals surface area contributed by atoms with Crippen LogP contribution in [0.5, 0.6) is 5.75 Å². The number of hydrogen-bond acceptors (Lipinski definition) is 4. The minimum atomic E-state index is -0.390. The second-order valence-electron chi connectivity index (χ2n) is 6.03. The van der Waals surface area contributed by atoms with Crippen LogP contribution >= 0.6 is 0 Å². The van der Waals surface area contributed by atoms with Crippen molar-refractivity contribution in [1.82, 2.24) is 14.9 Å². The number of aromatic amines is 1. The summed E-state index contributed by atoms with van der Waals surface area (Å²) in [5, 5.41) is 0.568. The number of nitrogens with one attached hydrogen (secondary N) is 1. The molecule has 0 fully saturated rings. The number of methoxy groups -OCH3 is 1. The maximum Gasteiger partial charge on any atom is 0.258 e. The van der Waals surface area contributed by atoms with Crippen LogP contribution in [0.25, 0.3) is 10.9 Å². The molecule has 130 valence electrons. The molecule has 3 aromatic rings. The molecule has 0 aliphatic carbocycles. The van der Waals surface area contributed by atoms with Gasteiger partial charge in [0.2, 0.25) is 0 Å². The van der Waals surface area contributed by atoms with Gasteiger partial charge in [-0.2, -0.15) is 0 Å². The van der Waals surface area contributed by atoms with Crippen molar-refractivity contribution in [2.75, 3.05) is 14.2 Å². The van der Waals surface area contributed by atoms with Gasteiger partial charge < -0.3 is 9.72 Å². The molecule has 2 aromatic carbocycles. The SMILES string of the molecule is COc1ccc(CN(C)[C@@H](C)c2nc3ccccc3c(=O)[nH]2)cc1F. The summed E-state index contributed by atoms with van der Waals surface area (Å²) < 4.78 is 18.8. The highest BCUT2D eigenvalue weighted by atomic mass is 19.1. The minimum Gasteiger partial charge on any atom is -0.494 e. The first-order valence-corrected chi connectivity index (χ1v) is 8.01. The van der Waals surface area contributed by atoms with Gasteiger partial charge in [-0.15, -0.1) is 0 Å². The van der Waals surface area contributed by atoms with Crippen molar-refractivity contribution in [3.05, 3.63) is 70.0 Å². The fourth-order valence-electron chi connectivity index (χ4n) is 2.74. The van der Waals surface area contributed by atoms with E-state index in [0.29, 0.717) is 23.3 Å². The average molecular weight is 341 g/mol. The second kappa shape index (κ2) is 7.03. The zero-order valence-electron chi connectivity index (χ0n) is 14.4. The molecule has 0 spiro atoms. The maximum atomic E-state index is 13.8.